The number of quaternary nitrogens is 1. The highest BCUT2D eigenvalue weighted by Crippen LogP contribution is 2.30. The fraction of sp³-hybridized carbons (Fsp3) is 0.391. The Morgan fingerprint density at radius 3 is 2.61 bits per heavy atom. The number of carbonyl (C=O) groups excluding carboxylic acids is 1. The molecule has 0 atom stereocenters. The molecule has 3 rings (SSSR count). The number of aromatic nitrogens is 1. The lowest BCUT2D eigenvalue weighted by molar-refractivity contribution is -0.896. The number of H-pyrrole nitrogens is 1. The molecule has 2 aromatic carbocycles. The molecule has 148 valence electrons. The molecule has 0 spiro atoms. The number of pyridine rings is 1. The first kappa shape index (κ1) is 20.1. The second-order valence-electron chi connectivity index (χ2n) is 6.99. The van der Waals surface area contributed by atoms with Crippen molar-refractivity contribution in [3.05, 3.63) is 48.2 Å². The lowest BCUT2D eigenvalue weighted by Crippen LogP contribution is -3.11. The molecule has 0 aliphatic rings. The van der Waals surface area contributed by atoms with Crippen LogP contribution in [0.2, 0.25) is 0 Å². The van der Waals surface area contributed by atoms with Crippen LogP contribution in [0.25, 0.3) is 21.7 Å². The molecule has 28 heavy (non-hydrogen) atoms. The normalized spacial score (nSPS) is 11.3. The van der Waals surface area contributed by atoms with Crippen molar-refractivity contribution in [1.29, 1.82) is 0 Å². The number of ether oxygens (including phenoxy) is 1. The Kier molecular flexibility index (Phi) is 6.82. The van der Waals surface area contributed by atoms with E-state index < -0.39 is 0 Å². The first-order valence-electron chi connectivity index (χ1n) is 10.3. The van der Waals surface area contributed by atoms with E-state index in [4.69, 9.17) is 4.74 Å². The maximum absolute atomic E-state index is 12.5. The lowest BCUT2D eigenvalue weighted by atomic mass is 10.0. The Morgan fingerprint density at radius 1 is 1.07 bits per heavy atom. The minimum atomic E-state index is -0.300. The van der Waals surface area contributed by atoms with Gasteiger partial charge in [-0.25, -0.2) is 9.78 Å². The summed E-state index contributed by atoms with van der Waals surface area (Å²) < 4.78 is 5.28. The number of benzene rings is 2. The summed E-state index contributed by atoms with van der Waals surface area (Å²) in [5.74, 6) is -0.300. The molecule has 0 aliphatic heterocycles. The monoisotopic (exact) mass is 381 g/mol. The van der Waals surface area contributed by atoms with E-state index in [1.807, 2.05) is 19.1 Å². The van der Waals surface area contributed by atoms with Crippen molar-refractivity contribution in [3.63, 3.8) is 0 Å². The van der Waals surface area contributed by atoms with Crippen LogP contribution in [0, 0.1) is 0 Å². The Bertz CT molecular complexity index is 951. The topological polar surface area (TPSA) is 56.9 Å². The molecule has 0 saturated carbocycles. The summed E-state index contributed by atoms with van der Waals surface area (Å²) in [7, 11) is 0. The van der Waals surface area contributed by atoms with Gasteiger partial charge in [-0.2, -0.15) is 0 Å². The van der Waals surface area contributed by atoms with Gasteiger partial charge in [0.05, 0.1) is 42.7 Å². The van der Waals surface area contributed by atoms with Gasteiger partial charge >= 0.3 is 5.97 Å². The average molecular weight is 382 g/mol. The highest BCUT2D eigenvalue weighted by Gasteiger charge is 2.21. The van der Waals surface area contributed by atoms with Crippen molar-refractivity contribution < 1.29 is 19.4 Å². The van der Waals surface area contributed by atoms with Gasteiger partial charge in [0, 0.05) is 13.0 Å². The molecule has 1 aromatic heterocycles. The van der Waals surface area contributed by atoms with E-state index >= 15 is 0 Å². The lowest BCUT2D eigenvalue weighted by Gasteiger charge is -2.16. The van der Waals surface area contributed by atoms with Crippen LogP contribution >= 0.6 is 0 Å². The minimum absolute atomic E-state index is 0.300. The van der Waals surface area contributed by atoms with Gasteiger partial charge in [-0.05, 0) is 38.3 Å². The first-order valence-corrected chi connectivity index (χ1v) is 10.3. The Labute approximate surface area is 166 Å². The standard InChI is InChI=1S/C23H29N3O2/c1-4-26(5-2)15-9-14-24-22-19-13-12-17-10-7-8-11-18(17)21(19)25-16-20(22)23(27)28-6-3/h7-8,10-13,16H,4-6,9,14-15H2,1-3H3,(H,24,25)/p+2. The van der Waals surface area contributed by atoms with Gasteiger partial charge < -0.3 is 15.0 Å². The largest absolute Gasteiger partial charge is 0.462 e. The minimum Gasteiger partial charge on any atom is -0.462 e. The molecule has 0 radical (unpaired) electrons. The number of esters is 1. The predicted octanol–water partition coefficient (Wildman–Crippen LogP) is 2.71. The number of anilines is 1. The summed E-state index contributed by atoms with van der Waals surface area (Å²) in [5, 5.41) is 6.86. The molecule has 5 heteroatoms. The van der Waals surface area contributed by atoms with Gasteiger partial charge in [-0.3, -0.25) is 0 Å². The van der Waals surface area contributed by atoms with Crippen molar-refractivity contribution in [2.24, 2.45) is 0 Å². The predicted molar refractivity (Wildman–Crippen MR) is 114 cm³/mol. The van der Waals surface area contributed by atoms with Crippen LogP contribution in [-0.4, -0.2) is 38.8 Å². The van der Waals surface area contributed by atoms with Crippen LogP contribution < -0.4 is 15.2 Å². The molecule has 0 saturated heterocycles. The summed E-state index contributed by atoms with van der Waals surface area (Å²) >= 11 is 0. The number of aromatic amines is 1. The van der Waals surface area contributed by atoms with Gasteiger partial charge in [0.2, 0.25) is 5.52 Å². The number of hydrogen-bond donors (Lipinski definition) is 2. The summed E-state index contributed by atoms with van der Waals surface area (Å²) in [6.45, 7) is 10.8. The van der Waals surface area contributed by atoms with Gasteiger partial charge in [-0.1, -0.05) is 24.3 Å². The smallest absolute Gasteiger partial charge is 0.346 e. The summed E-state index contributed by atoms with van der Waals surface area (Å²) in [6.07, 6.45) is 2.82. The number of nitrogens with one attached hydrogen (secondary N) is 3. The van der Waals surface area contributed by atoms with E-state index in [1.165, 1.54) is 5.39 Å². The molecule has 5 nitrogen and oxygen atoms in total. The Balaban J connectivity index is 1.96. The third-order valence-corrected chi connectivity index (χ3v) is 5.33. The zero-order valence-corrected chi connectivity index (χ0v) is 17.1. The van der Waals surface area contributed by atoms with E-state index in [9.17, 15) is 4.79 Å². The quantitative estimate of drug-likeness (QED) is 0.340. The number of rotatable bonds is 9. The van der Waals surface area contributed by atoms with Crippen molar-refractivity contribution in [3.8, 4) is 0 Å². The Hall–Kier alpha value is -2.66. The van der Waals surface area contributed by atoms with E-state index in [1.54, 1.807) is 11.1 Å². The summed E-state index contributed by atoms with van der Waals surface area (Å²) in [6, 6.07) is 12.5. The maximum atomic E-state index is 12.5. The number of hydrogen-bond acceptors (Lipinski definition) is 3. The molecular weight excluding hydrogens is 350 g/mol. The molecule has 0 fully saturated rings. The van der Waals surface area contributed by atoms with Crippen molar-refractivity contribution in [1.82, 2.24) is 0 Å². The first-order chi connectivity index (χ1) is 13.7. The second-order valence-corrected chi connectivity index (χ2v) is 6.99. The van der Waals surface area contributed by atoms with Crippen LogP contribution in [0.3, 0.4) is 0 Å². The SMILES string of the molecule is CCOC(=O)c1c[nH+]c2c(ccc3ccccc32)c1NCCC[NH+](CC)CC. The molecule has 0 amide bonds. The molecule has 0 aliphatic carbocycles. The average Bonchev–Trinajstić information content (AvgIpc) is 2.73. The van der Waals surface area contributed by atoms with E-state index in [-0.39, 0.29) is 5.97 Å². The molecule has 1 heterocycles. The maximum Gasteiger partial charge on any atom is 0.346 e. The van der Waals surface area contributed by atoms with Crippen LogP contribution in [0.1, 0.15) is 37.6 Å². The van der Waals surface area contributed by atoms with Crippen LogP contribution in [0.4, 0.5) is 5.69 Å². The molecule has 3 N–H and O–H groups in total. The number of carbonyl (C=O) groups is 1. The van der Waals surface area contributed by atoms with E-state index in [2.05, 4.69) is 48.4 Å². The summed E-state index contributed by atoms with van der Waals surface area (Å²) in [4.78, 5) is 17.4. The van der Waals surface area contributed by atoms with Crippen LogP contribution in [0.5, 0.6) is 0 Å². The van der Waals surface area contributed by atoms with E-state index in [0.29, 0.717) is 12.2 Å². The zero-order valence-electron chi connectivity index (χ0n) is 17.1. The highest BCUT2D eigenvalue weighted by molar-refractivity contribution is 6.11. The van der Waals surface area contributed by atoms with Crippen LogP contribution in [0.15, 0.2) is 42.6 Å². The highest BCUT2D eigenvalue weighted by atomic mass is 16.5. The van der Waals surface area contributed by atoms with Gasteiger partial charge in [0.25, 0.3) is 0 Å². The van der Waals surface area contributed by atoms with Crippen molar-refractivity contribution in [2.75, 3.05) is 38.1 Å². The molecule has 0 bridgehead atoms. The number of fused-ring (bicyclic) bond motifs is 3. The molecular formula is C23H31N3O2+2. The van der Waals surface area contributed by atoms with Gasteiger partial charge in [0.1, 0.15) is 5.56 Å². The zero-order chi connectivity index (χ0) is 19.9. The second kappa shape index (κ2) is 9.51. The van der Waals surface area contributed by atoms with E-state index in [0.717, 1.165) is 54.6 Å². The summed E-state index contributed by atoms with van der Waals surface area (Å²) in [5.41, 5.74) is 2.44. The van der Waals surface area contributed by atoms with Crippen molar-refractivity contribution in [2.45, 2.75) is 27.2 Å². The molecule has 3 aromatic rings. The van der Waals surface area contributed by atoms with Gasteiger partial charge in [0.15, 0.2) is 6.20 Å². The Morgan fingerprint density at radius 2 is 1.86 bits per heavy atom. The third kappa shape index (κ3) is 4.25. The van der Waals surface area contributed by atoms with Crippen LogP contribution in [-0.2, 0) is 4.74 Å². The van der Waals surface area contributed by atoms with Crippen molar-refractivity contribution >= 4 is 33.3 Å². The van der Waals surface area contributed by atoms with Gasteiger partial charge in [-0.15, -0.1) is 0 Å². The molecule has 0 unspecified atom stereocenters. The fourth-order valence-corrected chi connectivity index (χ4v) is 3.71. The fourth-order valence-electron chi connectivity index (χ4n) is 3.71. The third-order valence-electron chi connectivity index (χ3n) is 5.33.